The van der Waals surface area contributed by atoms with Gasteiger partial charge in [0.2, 0.25) is 17.8 Å². The number of nitrogens with zero attached hydrogens (tertiary/aromatic N) is 6. The second-order valence-corrected chi connectivity index (χ2v) is 8.09. The lowest BCUT2D eigenvalue weighted by molar-refractivity contribution is -0.385. The van der Waals surface area contributed by atoms with Crippen molar-refractivity contribution in [1.29, 1.82) is 0 Å². The number of nitro groups is 1. The van der Waals surface area contributed by atoms with Crippen LogP contribution in [0.3, 0.4) is 0 Å². The van der Waals surface area contributed by atoms with Crippen LogP contribution in [0.15, 0.2) is 58.0 Å². The van der Waals surface area contributed by atoms with Crippen molar-refractivity contribution < 1.29 is 13.7 Å². The van der Waals surface area contributed by atoms with Crippen molar-refractivity contribution in [2.24, 2.45) is 5.10 Å². The molecule has 12 heteroatoms. The van der Waals surface area contributed by atoms with Gasteiger partial charge in [0, 0.05) is 37.0 Å². The first-order chi connectivity index (χ1) is 17.2. The lowest BCUT2D eigenvalue weighted by Gasteiger charge is -2.13. The number of anilines is 4. The molecule has 2 N–H and O–H groups in total. The fourth-order valence-corrected chi connectivity index (χ4v) is 3.34. The van der Waals surface area contributed by atoms with Crippen molar-refractivity contribution in [3.8, 4) is 11.3 Å². The Balaban J connectivity index is 1.53. The van der Waals surface area contributed by atoms with Gasteiger partial charge in [0.25, 0.3) is 5.69 Å². The van der Waals surface area contributed by atoms with Crippen molar-refractivity contribution in [2.45, 2.75) is 13.8 Å². The number of nitrogens with one attached hydrogen (secondary N) is 2. The molecule has 4 aromatic rings. The minimum absolute atomic E-state index is 0.0369. The third kappa shape index (κ3) is 5.60. The van der Waals surface area contributed by atoms with E-state index in [4.69, 9.17) is 4.42 Å². The Morgan fingerprint density at radius 1 is 1.06 bits per heavy atom. The first-order valence-electron chi connectivity index (χ1n) is 10.8. The van der Waals surface area contributed by atoms with Gasteiger partial charge in [-0.3, -0.25) is 10.1 Å². The van der Waals surface area contributed by atoms with Gasteiger partial charge in [-0.05, 0) is 61.9 Å². The molecule has 0 bridgehead atoms. The van der Waals surface area contributed by atoms with Crippen LogP contribution < -0.4 is 15.6 Å². The van der Waals surface area contributed by atoms with E-state index in [9.17, 15) is 14.5 Å². The Morgan fingerprint density at radius 3 is 2.47 bits per heavy atom. The third-order valence-corrected chi connectivity index (χ3v) is 5.09. The molecular formula is C24H23FN8O3. The summed E-state index contributed by atoms with van der Waals surface area (Å²) in [4.78, 5) is 25.6. The Hall–Kier alpha value is -4.87. The van der Waals surface area contributed by atoms with Crippen molar-refractivity contribution >= 4 is 35.4 Å². The minimum atomic E-state index is -0.406. The van der Waals surface area contributed by atoms with Crippen LogP contribution in [0.1, 0.15) is 16.9 Å². The van der Waals surface area contributed by atoms with Gasteiger partial charge in [-0.2, -0.15) is 20.1 Å². The summed E-state index contributed by atoms with van der Waals surface area (Å²) in [6, 6.07) is 12.6. The van der Waals surface area contributed by atoms with E-state index in [-0.39, 0.29) is 23.4 Å². The van der Waals surface area contributed by atoms with E-state index in [0.29, 0.717) is 34.3 Å². The van der Waals surface area contributed by atoms with Crippen molar-refractivity contribution in [3.05, 3.63) is 81.3 Å². The number of aromatic nitrogens is 3. The standard InChI is InChI=1S/C24H23FN8O3/c1-14-11-19(15(2)20(12-14)33(34)35)21-10-9-18(36-21)13-26-31-23-28-22(29-24(30-23)32(3)4)27-17-7-5-16(25)6-8-17/h5-13H,1-4H3,(H2,27,28,29,30,31)/b26-13+. The molecule has 2 aromatic carbocycles. The van der Waals surface area contributed by atoms with E-state index in [1.54, 1.807) is 57.1 Å². The number of aryl methyl sites for hydroxylation is 1. The number of rotatable bonds is 8. The molecule has 0 aliphatic rings. The molecular weight excluding hydrogens is 467 g/mol. The van der Waals surface area contributed by atoms with Crippen LogP contribution in [0.25, 0.3) is 11.3 Å². The maximum absolute atomic E-state index is 13.2. The van der Waals surface area contributed by atoms with E-state index in [1.165, 1.54) is 24.4 Å². The fourth-order valence-electron chi connectivity index (χ4n) is 3.34. The van der Waals surface area contributed by atoms with Crippen LogP contribution in [0, 0.1) is 29.8 Å². The topological polar surface area (TPSA) is 135 Å². The Morgan fingerprint density at radius 2 is 1.78 bits per heavy atom. The molecule has 2 aromatic heterocycles. The molecule has 0 spiro atoms. The molecule has 184 valence electrons. The van der Waals surface area contributed by atoms with Crippen molar-refractivity contribution in [2.75, 3.05) is 29.7 Å². The molecule has 0 aliphatic carbocycles. The van der Waals surface area contributed by atoms with Crippen molar-refractivity contribution in [3.63, 3.8) is 0 Å². The lowest BCUT2D eigenvalue weighted by atomic mass is 10.0. The van der Waals surface area contributed by atoms with Gasteiger partial charge in [-0.15, -0.1) is 0 Å². The second-order valence-electron chi connectivity index (χ2n) is 8.09. The van der Waals surface area contributed by atoms with Gasteiger partial charge in [-0.25, -0.2) is 9.82 Å². The van der Waals surface area contributed by atoms with Gasteiger partial charge >= 0.3 is 0 Å². The average Bonchev–Trinajstić information content (AvgIpc) is 3.30. The van der Waals surface area contributed by atoms with Gasteiger partial charge < -0.3 is 14.6 Å². The highest BCUT2D eigenvalue weighted by molar-refractivity contribution is 5.79. The Bertz CT molecular complexity index is 1430. The number of furan rings is 1. The molecule has 11 nitrogen and oxygen atoms in total. The zero-order chi connectivity index (χ0) is 25.8. The number of hydrogen-bond donors (Lipinski definition) is 2. The molecule has 0 saturated heterocycles. The van der Waals surface area contributed by atoms with E-state index in [2.05, 4.69) is 30.8 Å². The van der Waals surface area contributed by atoms with Crippen LogP contribution in [0.2, 0.25) is 0 Å². The smallest absolute Gasteiger partial charge is 0.273 e. The Kier molecular flexibility index (Phi) is 6.86. The average molecular weight is 490 g/mol. The normalized spacial score (nSPS) is 11.0. The number of hydrogen-bond acceptors (Lipinski definition) is 10. The van der Waals surface area contributed by atoms with Crippen LogP contribution >= 0.6 is 0 Å². The van der Waals surface area contributed by atoms with E-state index in [0.717, 1.165) is 5.56 Å². The van der Waals surface area contributed by atoms with Crippen molar-refractivity contribution in [1.82, 2.24) is 15.0 Å². The lowest BCUT2D eigenvalue weighted by Crippen LogP contribution is -2.15. The van der Waals surface area contributed by atoms with Gasteiger partial charge in [-0.1, -0.05) is 0 Å². The van der Waals surface area contributed by atoms with Crippen LogP contribution in [-0.2, 0) is 0 Å². The summed E-state index contributed by atoms with van der Waals surface area (Å²) in [6.45, 7) is 3.48. The van der Waals surface area contributed by atoms with Crippen LogP contribution in [-0.4, -0.2) is 40.2 Å². The molecule has 0 unspecified atom stereocenters. The zero-order valence-electron chi connectivity index (χ0n) is 20.0. The van der Waals surface area contributed by atoms with Gasteiger partial charge in [0.1, 0.15) is 17.3 Å². The highest BCUT2D eigenvalue weighted by Gasteiger charge is 2.18. The zero-order valence-corrected chi connectivity index (χ0v) is 20.0. The molecule has 0 amide bonds. The van der Waals surface area contributed by atoms with E-state index < -0.39 is 4.92 Å². The SMILES string of the molecule is Cc1cc(-c2ccc(/C=N/Nc3nc(Nc4ccc(F)cc4)nc(N(C)C)n3)o2)c(C)c([N+](=O)[O-])c1. The molecule has 0 saturated carbocycles. The predicted octanol–water partition coefficient (Wildman–Crippen LogP) is 5.05. The fraction of sp³-hybridized carbons (Fsp3) is 0.167. The third-order valence-electron chi connectivity index (χ3n) is 5.09. The van der Waals surface area contributed by atoms with E-state index >= 15 is 0 Å². The summed E-state index contributed by atoms with van der Waals surface area (Å²) < 4.78 is 19.0. The summed E-state index contributed by atoms with van der Waals surface area (Å²) in [5, 5.41) is 18.5. The summed E-state index contributed by atoms with van der Waals surface area (Å²) in [5.74, 6) is 1.36. The number of nitro benzene ring substituents is 1. The van der Waals surface area contributed by atoms with Crippen LogP contribution in [0.4, 0.5) is 33.6 Å². The van der Waals surface area contributed by atoms with Gasteiger partial charge in [0.15, 0.2) is 0 Å². The Labute approximate surface area is 205 Å². The molecule has 0 fully saturated rings. The first kappa shape index (κ1) is 24.3. The summed E-state index contributed by atoms with van der Waals surface area (Å²) in [7, 11) is 3.57. The number of benzene rings is 2. The van der Waals surface area contributed by atoms with Gasteiger partial charge in [0.05, 0.1) is 11.1 Å². The number of hydrazone groups is 1. The highest BCUT2D eigenvalue weighted by Crippen LogP contribution is 2.32. The predicted molar refractivity (Wildman–Crippen MR) is 135 cm³/mol. The molecule has 0 radical (unpaired) electrons. The first-order valence-corrected chi connectivity index (χ1v) is 10.8. The molecule has 0 aliphatic heterocycles. The van der Waals surface area contributed by atoms with E-state index in [1.807, 2.05) is 6.07 Å². The van der Waals surface area contributed by atoms with Crippen LogP contribution in [0.5, 0.6) is 0 Å². The largest absolute Gasteiger partial charge is 0.455 e. The molecule has 36 heavy (non-hydrogen) atoms. The quantitative estimate of drug-likeness (QED) is 0.198. The summed E-state index contributed by atoms with van der Waals surface area (Å²) in [5.41, 5.74) is 5.31. The minimum Gasteiger partial charge on any atom is -0.455 e. The number of halogens is 1. The maximum Gasteiger partial charge on any atom is 0.273 e. The maximum atomic E-state index is 13.2. The monoisotopic (exact) mass is 490 g/mol. The highest BCUT2D eigenvalue weighted by atomic mass is 19.1. The summed E-state index contributed by atoms with van der Waals surface area (Å²) >= 11 is 0. The molecule has 0 atom stereocenters. The second kappa shape index (κ2) is 10.2. The summed E-state index contributed by atoms with van der Waals surface area (Å²) in [6.07, 6.45) is 1.44. The molecule has 2 heterocycles. The molecule has 4 rings (SSSR count).